The maximum Gasteiger partial charge on any atom is 0.305 e. The van der Waals surface area contributed by atoms with E-state index >= 15 is 0 Å². The Balaban J connectivity index is 1.48. The highest BCUT2D eigenvalue weighted by atomic mass is 16.7. The quantitative estimate of drug-likeness (QED) is 0.373. The summed E-state index contributed by atoms with van der Waals surface area (Å²) in [6.07, 6.45) is 9.06. The fraction of sp³-hybridized carbons (Fsp3) is 0.308. The molecular weight excluding hydrogens is 390 g/mol. The Morgan fingerprint density at radius 3 is 2.77 bits per heavy atom. The van der Waals surface area contributed by atoms with Crippen LogP contribution in [0.25, 0.3) is 10.8 Å². The number of rotatable bonds is 7. The third-order valence-electron chi connectivity index (χ3n) is 5.57. The van der Waals surface area contributed by atoms with Gasteiger partial charge in [0.15, 0.2) is 6.29 Å². The van der Waals surface area contributed by atoms with E-state index in [4.69, 9.17) is 9.47 Å². The topological polar surface area (TPSA) is 57.7 Å². The van der Waals surface area contributed by atoms with Crippen molar-refractivity contribution in [2.24, 2.45) is 5.92 Å². The number of carbonyl (C=O) groups excluding carboxylic acids is 1. The summed E-state index contributed by atoms with van der Waals surface area (Å²) in [4.78, 5) is 15.5. The summed E-state index contributed by atoms with van der Waals surface area (Å²) in [5.41, 5.74) is 2.06. The van der Waals surface area contributed by atoms with Crippen LogP contribution in [0, 0.1) is 5.92 Å². The zero-order valence-electron chi connectivity index (χ0n) is 17.6. The van der Waals surface area contributed by atoms with Gasteiger partial charge >= 0.3 is 5.97 Å². The van der Waals surface area contributed by atoms with Crippen molar-refractivity contribution >= 4 is 16.7 Å². The number of methoxy groups -OCH3 is 1. The molecule has 1 saturated heterocycles. The lowest BCUT2D eigenvalue weighted by atomic mass is 9.92. The second-order valence-electron chi connectivity index (χ2n) is 7.70. The highest BCUT2D eigenvalue weighted by Gasteiger charge is 2.33. The van der Waals surface area contributed by atoms with Crippen LogP contribution in [0.2, 0.25) is 0 Å². The Kier molecular flexibility index (Phi) is 7.07. The number of carbonyl (C=O) groups is 1. The van der Waals surface area contributed by atoms with Gasteiger partial charge in [-0.25, -0.2) is 0 Å². The minimum absolute atomic E-state index is 0.121. The molecule has 0 saturated carbocycles. The SMILES string of the molecule is COC(=O)CC/C=C\C[C@@H]1CO[C@H](c2ccc3ccccc3c2)O[C@@H]1c1cccnc1. The van der Waals surface area contributed by atoms with Crippen LogP contribution >= 0.6 is 0 Å². The first kappa shape index (κ1) is 21.2. The maximum absolute atomic E-state index is 11.3. The van der Waals surface area contributed by atoms with E-state index < -0.39 is 6.29 Å². The third-order valence-corrected chi connectivity index (χ3v) is 5.57. The van der Waals surface area contributed by atoms with Crippen LogP contribution in [0.5, 0.6) is 0 Å². The lowest BCUT2D eigenvalue weighted by Crippen LogP contribution is -2.30. The number of hydrogen-bond donors (Lipinski definition) is 0. The van der Waals surface area contributed by atoms with Crippen LogP contribution in [-0.4, -0.2) is 24.7 Å². The van der Waals surface area contributed by atoms with Crippen LogP contribution in [0.15, 0.2) is 79.1 Å². The first-order valence-electron chi connectivity index (χ1n) is 10.6. The molecule has 0 aliphatic carbocycles. The normalized spacial score (nSPS) is 21.4. The van der Waals surface area contributed by atoms with Gasteiger partial charge in [0.05, 0.1) is 19.8 Å². The minimum Gasteiger partial charge on any atom is -0.469 e. The van der Waals surface area contributed by atoms with Crippen molar-refractivity contribution in [2.75, 3.05) is 13.7 Å². The van der Waals surface area contributed by atoms with Gasteiger partial charge in [-0.1, -0.05) is 54.6 Å². The second-order valence-corrected chi connectivity index (χ2v) is 7.70. The van der Waals surface area contributed by atoms with E-state index in [0.29, 0.717) is 19.4 Å². The number of aromatic nitrogens is 1. The zero-order chi connectivity index (χ0) is 21.5. The van der Waals surface area contributed by atoms with Crippen LogP contribution in [0.1, 0.15) is 42.8 Å². The van der Waals surface area contributed by atoms with Crippen molar-refractivity contribution in [2.45, 2.75) is 31.7 Å². The number of hydrogen-bond acceptors (Lipinski definition) is 5. The molecule has 4 rings (SSSR count). The number of nitrogens with zero attached hydrogens (tertiary/aromatic N) is 1. The number of pyridine rings is 1. The van der Waals surface area contributed by atoms with Gasteiger partial charge in [-0.15, -0.1) is 0 Å². The molecule has 160 valence electrons. The standard InChI is InChI=1S/C26H27NO4/c1-29-24(28)12-4-2-3-10-23-18-30-26(31-25(23)22-11-7-15-27-17-22)21-14-13-19-8-5-6-9-20(19)16-21/h2-3,5-9,11,13-17,23,25-26H,4,10,12,18H2,1H3/b3-2-/t23-,25-,26+/m1/s1. The first-order chi connectivity index (χ1) is 15.2. The average Bonchev–Trinajstić information content (AvgIpc) is 2.84. The molecule has 0 N–H and O–H groups in total. The molecule has 1 fully saturated rings. The van der Waals surface area contributed by atoms with Crippen molar-refractivity contribution < 1.29 is 19.0 Å². The predicted octanol–water partition coefficient (Wildman–Crippen LogP) is 5.54. The van der Waals surface area contributed by atoms with Gasteiger partial charge in [-0.2, -0.15) is 0 Å². The summed E-state index contributed by atoms with van der Waals surface area (Å²) in [5.74, 6) is -0.0317. The molecule has 0 unspecified atom stereocenters. The van der Waals surface area contributed by atoms with Crippen LogP contribution in [0.4, 0.5) is 0 Å². The van der Waals surface area contributed by atoms with E-state index in [9.17, 15) is 4.79 Å². The Morgan fingerprint density at radius 1 is 1.10 bits per heavy atom. The summed E-state index contributed by atoms with van der Waals surface area (Å²) in [6.45, 7) is 0.582. The molecule has 3 atom stereocenters. The van der Waals surface area contributed by atoms with Crippen molar-refractivity contribution in [3.63, 3.8) is 0 Å². The van der Waals surface area contributed by atoms with Crippen LogP contribution in [-0.2, 0) is 19.0 Å². The van der Waals surface area contributed by atoms with Crippen molar-refractivity contribution in [1.29, 1.82) is 0 Å². The summed E-state index contributed by atoms with van der Waals surface area (Å²) in [7, 11) is 1.41. The van der Waals surface area contributed by atoms with Gasteiger partial charge in [-0.05, 0) is 41.3 Å². The van der Waals surface area contributed by atoms with E-state index in [-0.39, 0.29) is 18.0 Å². The summed E-state index contributed by atoms with van der Waals surface area (Å²) in [6, 6.07) is 18.6. The van der Waals surface area contributed by atoms with Gasteiger partial charge < -0.3 is 14.2 Å². The Labute approximate surface area is 182 Å². The van der Waals surface area contributed by atoms with E-state index in [1.807, 2.05) is 30.5 Å². The van der Waals surface area contributed by atoms with Gasteiger partial charge in [0.2, 0.25) is 0 Å². The number of ether oxygens (including phenoxy) is 3. The van der Waals surface area contributed by atoms with E-state index in [1.165, 1.54) is 17.9 Å². The Hall–Kier alpha value is -3.02. The molecule has 2 heterocycles. The molecule has 31 heavy (non-hydrogen) atoms. The van der Waals surface area contributed by atoms with Crippen molar-refractivity contribution in [3.05, 3.63) is 90.3 Å². The highest BCUT2D eigenvalue weighted by molar-refractivity contribution is 5.83. The van der Waals surface area contributed by atoms with Gasteiger partial charge in [0.25, 0.3) is 0 Å². The second kappa shape index (κ2) is 10.3. The van der Waals surface area contributed by atoms with E-state index in [2.05, 4.69) is 52.2 Å². The third kappa shape index (κ3) is 5.37. The van der Waals surface area contributed by atoms with Crippen LogP contribution < -0.4 is 0 Å². The molecule has 5 nitrogen and oxygen atoms in total. The summed E-state index contributed by atoms with van der Waals surface area (Å²) in [5, 5.41) is 2.36. The number of benzene rings is 2. The molecular formula is C26H27NO4. The van der Waals surface area contributed by atoms with Gasteiger partial charge in [0.1, 0.15) is 0 Å². The average molecular weight is 418 g/mol. The number of esters is 1. The smallest absolute Gasteiger partial charge is 0.305 e. The lowest BCUT2D eigenvalue weighted by Gasteiger charge is -2.36. The first-order valence-corrected chi connectivity index (χ1v) is 10.6. The van der Waals surface area contributed by atoms with Gasteiger partial charge in [0, 0.05) is 30.3 Å². The molecule has 1 aliphatic heterocycles. The maximum atomic E-state index is 11.3. The molecule has 5 heteroatoms. The van der Waals surface area contributed by atoms with E-state index in [0.717, 1.165) is 17.5 Å². The van der Waals surface area contributed by atoms with Crippen molar-refractivity contribution in [3.8, 4) is 0 Å². The molecule has 2 aromatic carbocycles. The largest absolute Gasteiger partial charge is 0.469 e. The fourth-order valence-electron chi connectivity index (χ4n) is 3.89. The summed E-state index contributed by atoms with van der Waals surface area (Å²) >= 11 is 0. The Morgan fingerprint density at radius 2 is 1.97 bits per heavy atom. The molecule has 0 spiro atoms. The molecule has 0 amide bonds. The number of allylic oxidation sites excluding steroid dienone is 2. The van der Waals surface area contributed by atoms with Crippen molar-refractivity contribution in [1.82, 2.24) is 4.98 Å². The molecule has 1 aromatic heterocycles. The number of fused-ring (bicyclic) bond motifs is 1. The Bertz CT molecular complexity index is 1030. The zero-order valence-corrected chi connectivity index (χ0v) is 17.6. The van der Waals surface area contributed by atoms with Crippen LogP contribution in [0.3, 0.4) is 0 Å². The molecule has 3 aromatic rings. The summed E-state index contributed by atoms with van der Waals surface area (Å²) < 4.78 is 17.3. The molecule has 1 aliphatic rings. The highest BCUT2D eigenvalue weighted by Crippen LogP contribution is 2.40. The van der Waals surface area contributed by atoms with Gasteiger partial charge in [-0.3, -0.25) is 9.78 Å². The lowest BCUT2D eigenvalue weighted by molar-refractivity contribution is -0.243. The molecule has 0 bridgehead atoms. The monoisotopic (exact) mass is 417 g/mol. The van der Waals surface area contributed by atoms with E-state index in [1.54, 1.807) is 6.20 Å². The molecule has 0 radical (unpaired) electrons. The predicted molar refractivity (Wildman–Crippen MR) is 119 cm³/mol. The fourth-order valence-corrected chi connectivity index (χ4v) is 3.89. The minimum atomic E-state index is -0.422.